The topological polar surface area (TPSA) is 76.9 Å². The number of halogens is 1. The lowest BCUT2D eigenvalue weighted by Crippen LogP contribution is -2.23. The molecule has 124 valence electrons. The molecule has 6 nitrogen and oxygen atoms in total. The van der Waals surface area contributed by atoms with E-state index in [0.29, 0.717) is 6.54 Å². The first-order valence-corrected chi connectivity index (χ1v) is 9.46. The summed E-state index contributed by atoms with van der Waals surface area (Å²) in [4.78, 5) is 4.14. The number of aromatic nitrogens is 3. The zero-order valence-electron chi connectivity index (χ0n) is 12.6. The van der Waals surface area contributed by atoms with E-state index in [-0.39, 0.29) is 11.4 Å². The van der Waals surface area contributed by atoms with Crippen LogP contribution in [-0.2, 0) is 23.1 Å². The Hall–Kier alpha value is -2.03. The molecule has 0 saturated carbocycles. The van der Waals surface area contributed by atoms with E-state index in [4.69, 9.17) is 0 Å². The normalized spacial score (nSPS) is 11.5. The smallest absolute Gasteiger partial charge is 0.240 e. The molecule has 0 amide bonds. The van der Waals surface area contributed by atoms with Gasteiger partial charge in [-0.1, -0.05) is 40.2 Å². The predicted octanol–water partition coefficient (Wildman–Crippen LogP) is 2.57. The minimum atomic E-state index is -3.52. The van der Waals surface area contributed by atoms with E-state index >= 15 is 0 Å². The molecule has 3 aromatic rings. The van der Waals surface area contributed by atoms with Crippen molar-refractivity contribution in [3.8, 4) is 0 Å². The van der Waals surface area contributed by atoms with Crippen LogP contribution in [0.1, 0.15) is 11.1 Å². The molecule has 0 spiro atoms. The van der Waals surface area contributed by atoms with Crippen LogP contribution in [0.15, 0.2) is 70.6 Å². The molecule has 0 fully saturated rings. The SMILES string of the molecule is O=S(=O)(NCc1ccc(Cn2cncn2)cc1)c1ccc(Br)cc1. The van der Waals surface area contributed by atoms with Gasteiger partial charge >= 0.3 is 0 Å². The average Bonchev–Trinajstić information content (AvgIpc) is 3.08. The van der Waals surface area contributed by atoms with Gasteiger partial charge in [0.15, 0.2) is 0 Å². The Kier molecular flexibility index (Phi) is 5.08. The van der Waals surface area contributed by atoms with Gasteiger partial charge in [0.05, 0.1) is 11.4 Å². The Balaban J connectivity index is 1.62. The van der Waals surface area contributed by atoms with Crippen molar-refractivity contribution in [2.24, 2.45) is 0 Å². The summed E-state index contributed by atoms with van der Waals surface area (Å²) in [6.45, 7) is 0.868. The molecule has 0 aliphatic heterocycles. The minimum Gasteiger partial charge on any atom is -0.249 e. The molecule has 0 aliphatic carbocycles. The van der Waals surface area contributed by atoms with Crippen LogP contribution in [0.4, 0.5) is 0 Å². The van der Waals surface area contributed by atoms with Crippen molar-refractivity contribution >= 4 is 26.0 Å². The zero-order valence-corrected chi connectivity index (χ0v) is 15.0. The van der Waals surface area contributed by atoms with Gasteiger partial charge in [0, 0.05) is 11.0 Å². The van der Waals surface area contributed by atoms with Crippen molar-refractivity contribution in [1.29, 1.82) is 0 Å². The Morgan fingerprint density at radius 1 is 1.00 bits per heavy atom. The van der Waals surface area contributed by atoms with Crippen LogP contribution in [0.25, 0.3) is 0 Å². The Labute approximate surface area is 148 Å². The molecule has 0 unspecified atom stereocenters. The van der Waals surface area contributed by atoms with Gasteiger partial charge < -0.3 is 0 Å². The zero-order chi connectivity index (χ0) is 17.0. The Morgan fingerprint density at radius 2 is 1.67 bits per heavy atom. The summed E-state index contributed by atoms with van der Waals surface area (Å²) in [5.41, 5.74) is 1.96. The van der Waals surface area contributed by atoms with Gasteiger partial charge in [0.1, 0.15) is 12.7 Å². The van der Waals surface area contributed by atoms with Crippen LogP contribution in [0.3, 0.4) is 0 Å². The quantitative estimate of drug-likeness (QED) is 0.682. The van der Waals surface area contributed by atoms with E-state index in [2.05, 4.69) is 30.7 Å². The number of hydrogen-bond acceptors (Lipinski definition) is 4. The van der Waals surface area contributed by atoms with Crippen molar-refractivity contribution in [1.82, 2.24) is 19.5 Å². The van der Waals surface area contributed by atoms with Gasteiger partial charge in [-0.25, -0.2) is 22.8 Å². The van der Waals surface area contributed by atoms with Crippen LogP contribution in [0.2, 0.25) is 0 Å². The highest BCUT2D eigenvalue weighted by Crippen LogP contribution is 2.15. The second-order valence-electron chi connectivity index (χ2n) is 5.19. The number of sulfonamides is 1. The molecular weight excluding hydrogens is 392 g/mol. The van der Waals surface area contributed by atoms with E-state index in [1.807, 2.05) is 24.3 Å². The third-order valence-corrected chi connectivity index (χ3v) is 5.37. The maximum absolute atomic E-state index is 12.3. The van der Waals surface area contributed by atoms with Gasteiger partial charge in [-0.3, -0.25) is 0 Å². The first-order valence-electron chi connectivity index (χ1n) is 7.18. The number of nitrogens with one attached hydrogen (secondary N) is 1. The molecule has 0 aliphatic rings. The summed E-state index contributed by atoms with van der Waals surface area (Å²) in [7, 11) is -3.52. The lowest BCUT2D eigenvalue weighted by Gasteiger charge is -2.08. The van der Waals surface area contributed by atoms with Crippen LogP contribution in [0.5, 0.6) is 0 Å². The summed E-state index contributed by atoms with van der Waals surface area (Å²) in [5.74, 6) is 0. The van der Waals surface area contributed by atoms with Crippen LogP contribution in [-0.4, -0.2) is 23.2 Å². The summed E-state index contributed by atoms with van der Waals surface area (Å²) in [6.07, 6.45) is 3.14. The Bertz CT molecular complexity index is 892. The van der Waals surface area contributed by atoms with Crippen molar-refractivity contribution < 1.29 is 8.42 Å². The van der Waals surface area contributed by atoms with Gasteiger partial charge in [-0.15, -0.1) is 0 Å². The van der Waals surface area contributed by atoms with Gasteiger partial charge in [-0.2, -0.15) is 5.10 Å². The number of rotatable bonds is 6. The molecule has 3 rings (SSSR count). The monoisotopic (exact) mass is 406 g/mol. The molecule has 2 aromatic carbocycles. The highest BCUT2D eigenvalue weighted by molar-refractivity contribution is 9.10. The number of benzene rings is 2. The molecular formula is C16H15BrN4O2S. The third kappa shape index (κ3) is 4.28. The van der Waals surface area contributed by atoms with E-state index in [0.717, 1.165) is 15.6 Å². The first kappa shape index (κ1) is 16.8. The molecule has 0 bridgehead atoms. The highest BCUT2D eigenvalue weighted by Gasteiger charge is 2.13. The van der Waals surface area contributed by atoms with Crippen molar-refractivity contribution in [3.63, 3.8) is 0 Å². The van der Waals surface area contributed by atoms with Gasteiger partial charge in [0.2, 0.25) is 10.0 Å². The minimum absolute atomic E-state index is 0.238. The van der Waals surface area contributed by atoms with E-state index in [9.17, 15) is 8.42 Å². The van der Waals surface area contributed by atoms with Crippen LogP contribution in [0, 0.1) is 0 Å². The van der Waals surface area contributed by atoms with Crippen molar-refractivity contribution in [2.75, 3.05) is 0 Å². The van der Waals surface area contributed by atoms with Gasteiger partial charge in [0.25, 0.3) is 0 Å². The van der Waals surface area contributed by atoms with Crippen LogP contribution >= 0.6 is 15.9 Å². The molecule has 0 atom stereocenters. The second kappa shape index (κ2) is 7.25. The summed E-state index contributed by atoms with van der Waals surface area (Å²) < 4.78 is 29.7. The Morgan fingerprint density at radius 3 is 2.29 bits per heavy atom. The highest BCUT2D eigenvalue weighted by atomic mass is 79.9. The summed E-state index contributed by atoms with van der Waals surface area (Å²) in [6, 6.07) is 14.2. The lowest BCUT2D eigenvalue weighted by molar-refractivity contribution is 0.581. The standard InChI is InChI=1S/C16H15BrN4O2S/c17-15-5-7-16(8-6-15)24(22,23)20-9-13-1-3-14(4-2-13)10-21-12-18-11-19-21/h1-8,11-12,20H,9-10H2. The summed E-state index contributed by atoms with van der Waals surface area (Å²) in [5, 5.41) is 4.05. The van der Waals surface area contributed by atoms with E-state index < -0.39 is 10.0 Å². The maximum Gasteiger partial charge on any atom is 0.240 e. The van der Waals surface area contributed by atoms with Crippen LogP contribution < -0.4 is 4.72 Å². The average molecular weight is 407 g/mol. The van der Waals surface area contributed by atoms with Crippen molar-refractivity contribution in [3.05, 3.63) is 76.8 Å². The molecule has 0 saturated heterocycles. The molecule has 1 heterocycles. The first-order chi connectivity index (χ1) is 11.5. The fourth-order valence-electron chi connectivity index (χ4n) is 2.14. The molecule has 8 heteroatoms. The molecule has 0 radical (unpaired) electrons. The van der Waals surface area contributed by atoms with E-state index in [1.54, 1.807) is 35.3 Å². The molecule has 1 N–H and O–H groups in total. The number of nitrogens with zero attached hydrogens (tertiary/aromatic N) is 3. The largest absolute Gasteiger partial charge is 0.249 e. The predicted molar refractivity (Wildman–Crippen MR) is 93.7 cm³/mol. The van der Waals surface area contributed by atoms with E-state index in [1.165, 1.54) is 6.33 Å². The lowest BCUT2D eigenvalue weighted by atomic mass is 10.1. The number of hydrogen-bond donors (Lipinski definition) is 1. The summed E-state index contributed by atoms with van der Waals surface area (Å²) >= 11 is 3.29. The molecule has 24 heavy (non-hydrogen) atoms. The second-order valence-corrected chi connectivity index (χ2v) is 7.87. The molecule has 1 aromatic heterocycles. The van der Waals surface area contributed by atoms with Gasteiger partial charge in [-0.05, 0) is 35.4 Å². The maximum atomic E-state index is 12.3. The fourth-order valence-corrected chi connectivity index (χ4v) is 3.42. The van der Waals surface area contributed by atoms with Crippen molar-refractivity contribution in [2.45, 2.75) is 18.0 Å². The fraction of sp³-hybridized carbons (Fsp3) is 0.125. The third-order valence-electron chi connectivity index (χ3n) is 3.42.